The van der Waals surface area contributed by atoms with E-state index in [1.807, 2.05) is 12.1 Å². The number of rotatable bonds is 4. The summed E-state index contributed by atoms with van der Waals surface area (Å²) in [5.41, 5.74) is 0.753. The van der Waals surface area contributed by atoms with Crippen LogP contribution in [0.3, 0.4) is 0 Å². The Balaban J connectivity index is 2.12. The third-order valence-electron chi connectivity index (χ3n) is 2.54. The van der Waals surface area contributed by atoms with Gasteiger partial charge in [-0.15, -0.1) is 10.2 Å². The molecule has 0 radical (unpaired) electrons. The highest BCUT2D eigenvalue weighted by Crippen LogP contribution is 2.27. The molecule has 0 aliphatic carbocycles. The van der Waals surface area contributed by atoms with E-state index in [-0.39, 0.29) is 11.2 Å². The molecule has 7 heteroatoms. The van der Waals surface area contributed by atoms with Gasteiger partial charge >= 0.3 is 0 Å². The minimum absolute atomic E-state index is 0.00231. The lowest BCUT2D eigenvalue weighted by Gasteiger charge is -2.14. The molecule has 5 nitrogen and oxygen atoms in total. The van der Waals surface area contributed by atoms with Crippen molar-refractivity contribution in [2.24, 2.45) is 0 Å². The first kappa shape index (κ1) is 14.9. The molecule has 1 atom stereocenters. The zero-order valence-corrected chi connectivity index (χ0v) is 12.9. The molecule has 2 rings (SSSR count). The van der Waals surface area contributed by atoms with Crippen molar-refractivity contribution in [3.8, 4) is 11.5 Å². The van der Waals surface area contributed by atoms with Crippen LogP contribution in [0.4, 0.5) is 0 Å². The van der Waals surface area contributed by atoms with Crippen molar-refractivity contribution >= 4 is 29.3 Å². The van der Waals surface area contributed by atoms with Gasteiger partial charge in [-0.3, -0.25) is 4.79 Å². The van der Waals surface area contributed by atoms with Crippen LogP contribution in [-0.4, -0.2) is 40.3 Å². The number of amides is 1. The van der Waals surface area contributed by atoms with Gasteiger partial charge in [0.1, 0.15) is 0 Å². The van der Waals surface area contributed by atoms with Gasteiger partial charge in [0, 0.05) is 24.7 Å². The largest absolute Gasteiger partial charge is 0.411 e. The number of halogens is 1. The summed E-state index contributed by atoms with van der Waals surface area (Å²) >= 11 is 7.15. The molecular weight excluding hydrogens is 298 g/mol. The molecule has 2 aromatic rings. The van der Waals surface area contributed by atoms with Crippen molar-refractivity contribution in [2.75, 3.05) is 14.1 Å². The molecule has 0 bridgehead atoms. The van der Waals surface area contributed by atoms with Gasteiger partial charge < -0.3 is 9.32 Å². The van der Waals surface area contributed by atoms with E-state index >= 15 is 0 Å². The number of hydrogen-bond acceptors (Lipinski definition) is 5. The number of hydrogen-bond donors (Lipinski definition) is 0. The molecule has 0 saturated heterocycles. The summed E-state index contributed by atoms with van der Waals surface area (Å²) in [6, 6.07) is 7.17. The Morgan fingerprint density at radius 1 is 1.40 bits per heavy atom. The second kappa shape index (κ2) is 6.28. The highest BCUT2D eigenvalue weighted by atomic mass is 35.5. The van der Waals surface area contributed by atoms with E-state index in [2.05, 4.69) is 10.2 Å². The Bertz CT molecular complexity index is 615. The molecule has 0 aliphatic heterocycles. The standard InChI is InChI=1S/C13H14ClN3O2S/c1-8(12(18)17(2)3)20-13-16-15-11(19-13)9-5-4-6-10(14)7-9/h4-8H,1-3H3. The fourth-order valence-corrected chi connectivity index (χ4v) is 2.58. The summed E-state index contributed by atoms with van der Waals surface area (Å²) in [6.45, 7) is 1.80. The quantitative estimate of drug-likeness (QED) is 0.812. The number of aromatic nitrogens is 2. The van der Waals surface area contributed by atoms with E-state index in [4.69, 9.17) is 16.0 Å². The van der Waals surface area contributed by atoms with Crippen LogP contribution in [0.2, 0.25) is 5.02 Å². The van der Waals surface area contributed by atoms with Crippen molar-refractivity contribution in [1.29, 1.82) is 0 Å². The fourth-order valence-electron chi connectivity index (χ4n) is 1.56. The van der Waals surface area contributed by atoms with Gasteiger partial charge in [-0.05, 0) is 25.1 Å². The van der Waals surface area contributed by atoms with Crippen LogP contribution in [0.25, 0.3) is 11.5 Å². The van der Waals surface area contributed by atoms with Crippen molar-refractivity contribution in [3.63, 3.8) is 0 Å². The van der Waals surface area contributed by atoms with Gasteiger partial charge in [0.15, 0.2) is 0 Å². The molecular formula is C13H14ClN3O2S. The summed E-state index contributed by atoms with van der Waals surface area (Å²) in [4.78, 5) is 13.3. The minimum Gasteiger partial charge on any atom is -0.411 e. The fraction of sp³-hybridized carbons (Fsp3) is 0.308. The molecule has 1 heterocycles. The lowest BCUT2D eigenvalue weighted by atomic mass is 10.2. The van der Waals surface area contributed by atoms with Crippen LogP contribution >= 0.6 is 23.4 Å². The summed E-state index contributed by atoms with van der Waals surface area (Å²) in [5, 5.41) is 8.59. The maximum Gasteiger partial charge on any atom is 0.277 e. The molecule has 1 amide bonds. The number of carbonyl (C=O) groups excluding carboxylic acids is 1. The number of nitrogens with zero attached hydrogens (tertiary/aromatic N) is 3. The minimum atomic E-state index is -0.280. The topological polar surface area (TPSA) is 59.2 Å². The Hall–Kier alpha value is -1.53. The van der Waals surface area contributed by atoms with E-state index in [1.54, 1.807) is 33.2 Å². The second-order valence-electron chi connectivity index (χ2n) is 4.38. The number of thioether (sulfide) groups is 1. The van der Waals surface area contributed by atoms with Crippen LogP contribution in [0.15, 0.2) is 33.9 Å². The smallest absolute Gasteiger partial charge is 0.277 e. The Labute approximate surface area is 126 Å². The van der Waals surface area contributed by atoms with Gasteiger partial charge in [0.2, 0.25) is 11.8 Å². The molecule has 20 heavy (non-hydrogen) atoms. The van der Waals surface area contributed by atoms with Crippen molar-refractivity contribution in [2.45, 2.75) is 17.4 Å². The van der Waals surface area contributed by atoms with Gasteiger partial charge in [0.25, 0.3) is 5.22 Å². The van der Waals surface area contributed by atoms with Crippen LogP contribution in [-0.2, 0) is 4.79 Å². The predicted octanol–water partition coefficient (Wildman–Crippen LogP) is 2.96. The average Bonchev–Trinajstić information content (AvgIpc) is 2.86. The predicted molar refractivity (Wildman–Crippen MR) is 78.8 cm³/mol. The van der Waals surface area contributed by atoms with E-state index < -0.39 is 0 Å². The molecule has 0 saturated carbocycles. The summed E-state index contributed by atoms with van der Waals surface area (Å²) in [5.74, 6) is 0.386. The van der Waals surface area contributed by atoms with Crippen molar-refractivity contribution in [3.05, 3.63) is 29.3 Å². The maximum absolute atomic E-state index is 11.8. The highest BCUT2D eigenvalue weighted by molar-refractivity contribution is 8.00. The molecule has 1 unspecified atom stereocenters. The highest BCUT2D eigenvalue weighted by Gasteiger charge is 2.19. The Kier molecular flexibility index (Phi) is 4.67. The molecule has 0 fully saturated rings. The first-order chi connectivity index (χ1) is 9.47. The normalized spacial score (nSPS) is 12.2. The van der Waals surface area contributed by atoms with Gasteiger partial charge in [-0.25, -0.2) is 0 Å². The summed E-state index contributed by atoms with van der Waals surface area (Å²) in [6.07, 6.45) is 0. The zero-order chi connectivity index (χ0) is 14.7. The average molecular weight is 312 g/mol. The van der Waals surface area contributed by atoms with Crippen molar-refractivity contribution in [1.82, 2.24) is 15.1 Å². The van der Waals surface area contributed by atoms with E-state index in [9.17, 15) is 4.79 Å². The first-order valence-corrected chi connectivity index (χ1v) is 7.20. The Morgan fingerprint density at radius 2 is 2.15 bits per heavy atom. The van der Waals surface area contributed by atoms with Gasteiger partial charge in [-0.1, -0.05) is 29.4 Å². The first-order valence-electron chi connectivity index (χ1n) is 5.94. The van der Waals surface area contributed by atoms with Crippen LogP contribution in [0.5, 0.6) is 0 Å². The monoisotopic (exact) mass is 311 g/mol. The third kappa shape index (κ3) is 3.52. The molecule has 106 valence electrons. The Morgan fingerprint density at radius 3 is 2.80 bits per heavy atom. The summed E-state index contributed by atoms with van der Waals surface area (Å²) in [7, 11) is 3.43. The van der Waals surface area contributed by atoms with Crippen molar-refractivity contribution < 1.29 is 9.21 Å². The van der Waals surface area contributed by atoms with Crippen LogP contribution in [0.1, 0.15) is 6.92 Å². The molecule has 1 aromatic heterocycles. The molecule has 0 spiro atoms. The van der Waals surface area contributed by atoms with Gasteiger partial charge in [-0.2, -0.15) is 0 Å². The van der Waals surface area contributed by atoms with E-state index in [0.717, 1.165) is 5.56 Å². The maximum atomic E-state index is 11.8. The van der Waals surface area contributed by atoms with Crippen LogP contribution < -0.4 is 0 Å². The summed E-state index contributed by atoms with van der Waals surface area (Å²) < 4.78 is 5.54. The van der Waals surface area contributed by atoms with E-state index in [1.165, 1.54) is 16.7 Å². The lowest BCUT2D eigenvalue weighted by Crippen LogP contribution is -2.29. The molecule has 0 N–H and O–H groups in total. The molecule has 0 aliphatic rings. The van der Waals surface area contributed by atoms with Crippen LogP contribution in [0, 0.1) is 0 Å². The lowest BCUT2D eigenvalue weighted by molar-refractivity contribution is -0.127. The third-order valence-corrected chi connectivity index (χ3v) is 3.70. The van der Waals surface area contributed by atoms with Gasteiger partial charge in [0.05, 0.1) is 5.25 Å². The second-order valence-corrected chi connectivity index (χ2v) is 6.10. The van der Waals surface area contributed by atoms with E-state index in [0.29, 0.717) is 16.1 Å². The SMILES string of the molecule is CC(Sc1nnc(-c2cccc(Cl)c2)o1)C(=O)N(C)C. The molecule has 1 aromatic carbocycles. The number of benzene rings is 1. The number of carbonyl (C=O) groups is 1. The zero-order valence-electron chi connectivity index (χ0n) is 11.3.